The summed E-state index contributed by atoms with van der Waals surface area (Å²) in [6.45, 7) is 0.133. The van der Waals surface area contributed by atoms with Crippen molar-refractivity contribution in [3.05, 3.63) is 82.4 Å². The van der Waals surface area contributed by atoms with Crippen LogP contribution in [0.5, 0.6) is 0 Å². The molecular formula is C24H26FN5O3. The highest BCUT2D eigenvalue weighted by Crippen LogP contribution is 2.25. The van der Waals surface area contributed by atoms with Crippen LogP contribution in [0.2, 0.25) is 0 Å². The largest absolute Gasteiger partial charge is 0.346 e. The molecule has 3 aromatic rings. The molecule has 0 bridgehead atoms. The van der Waals surface area contributed by atoms with Gasteiger partial charge in [0.25, 0.3) is 5.91 Å². The van der Waals surface area contributed by atoms with Crippen LogP contribution >= 0.6 is 0 Å². The van der Waals surface area contributed by atoms with Crippen molar-refractivity contribution in [1.82, 2.24) is 25.8 Å². The molecule has 2 amide bonds. The van der Waals surface area contributed by atoms with Gasteiger partial charge in [0.1, 0.15) is 11.5 Å². The summed E-state index contributed by atoms with van der Waals surface area (Å²) in [7, 11) is 0. The number of benzene rings is 2. The van der Waals surface area contributed by atoms with Gasteiger partial charge in [0.15, 0.2) is 0 Å². The van der Waals surface area contributed by atoms with Crippen molar-refractivity contribution in [3.63, 3.8) is 0 Å². The number of hydrogen-bond donors (Lipinski definition) is 3. The Balaban J connectivity index is 1.44. The first-order chi connectivity index (χ1) is 16.0. The molecule has 0 unspecified atom stereocenters. The maximum absolute atomic E-state index is 13.0. The van der Waals surface area contributed by atoms with Crippen LogP contribution in [0.4, 0.5) is 4.39 Å². The minimum absolute atomic E-state index is 0.0261. The number of fused-ring (bicyclic) bond motifs is 1. The number of nitrogens with zero attached hydrogens (tertiary/aromatic N) is 3. The van der Waals surface area contributed by atoms with E-state index in [1.54, 1.807) is 16.4 Å². The van der Waals surface area contributed by atoms with E-state index in [9.17, 15) is 14.0 Å². The number of aromatic nitrogens is 3. The third-order valence-electron chi connectivity index (χ3n) is 5.90. The molecule has 4 rings (SSSR count). The van der Waals surface area contributed by atoms with Crippen LogP contribution in [0, 0.1) is 5.82 Å². The van der Waals surface area contributed by atoms with Crippen molar-refractivity contribution in [1.29, 1.82) is 0 Å². The molecule has 0 fully saturated rings. The molecule has 1 heterocycles. The van der Waals surface area contributed by atoms with Crippen LogP contribution in [0.3, 0.4) is 0 Å². The van der Waals surface area contributed by atoms with E-state index in [1.165, 1.54) is 48.2 Å². The second-order valence-corrected chi connectivity index (χ2v) is 8.29. The maximum Gasteiger partial charge on any atom is 0.251 e. The zero-order valence-corrected chi connectivity index (χ0v) is 18.1. The van der Waals surface area contributed by atoms with E-state index < -0.39 is 11.7 Å². The molecule has 0 spiro atoms. The molecule has 1 aliphatic rings. The van der Waals surface area contributed by atoms with E-state index in [4.69, 9.17) is 5.21 Å². The second-order valence-electron chi connectivity index (χ2n) is 8.29. The predicted molar refractivity (Wildman–Crippen MR) is 118 cm³/mol. The van der Waals surface area contributed by atoms with E-state index in [0.29, 0.717) is 17.7 Å². The Morgan fingerprint density at radius 1 is 1.09 bits per heavy atom. The van der Waals surface area contributed by atoms with E-state index in [0.717, 1.165) is 18.4 Å². The number of aryl methyl sites for hydroxylation is 2. The molecule has 0 radical (unpaired) electrons. The topological polar surface area (TPSA) is 109 Å². The molecule has 33 heavy (non-hydrogen) atoms. The lowest BCUT2D eigenvalue weighted by Crippen LogP contribution is -2.25. The number of halogens is 1. The molecule has 1 aromatic heterocycles. The van der Waals surface area contributed by atoms with Gasteiger partial charge in [-0.2, -0.15) is 0 Å². The average molecular weight is 452 g/mol. The van der Waals surface area contributed by atoms with Gasteiger partial charge in [-0.3, -0.25) is 14.8 Å². The van der Waals surface area contributed by atoms with Crippen LogP contribution in [0.1, 0.15) is 58.0 Å². The lowest BCUT2D eigenvalue weighted by Gasteiger charge is -2.19. The van der Waals surface area contributed by atoms with Crippen molar-refractivity contribution in [2.24, 2.45) is 0 Å². The maximum atomic E-state index is 13.0. The summed E-state index contributed by atoms with van der Waals surface area (Å²) in [5.41, 5.74) is 6.37. The third-order valence-corrected chi connectivity index (χ3v) is 5.90. The summed E-state index contributed by atoms with van der Waals surface area (Å²) in [5.74, 6) is -1.28. The van der Waals surface area contributed by atoms with Gasteiger partial charge in [-0.15, -0.1) is 5.10 Å². The molecule has 3 N–H and O–H groups in total. The quantitative estimate of drug-likeness (QED) is 0.360. The molecule has 172 valence electrons. The van der Waals surface area contributed by atoms with Crippen molar-refractivity contribution < 1.29 is 19.2 Å². The number of nitrogens with one attached hydrogen (secondary N) is 2. The Morgan fingerprint density at radius 2 is 1.85 bits per heavy atom. The van der Waals surface area contributed by atoms with Crippen LogP contribution in [0.25, 0.3) is 0 Å². The zero-order chi connectivity index (χ0) is 23.2. The normalized spacial score (nSPS) is 13.8. The number of rotatable bonds is 8. The summed E-state index contributed by atoms with van der Waals surface area (Å²) in [5, 5.41) is 20.0. The SMILES string of the molecule is O=C(C[C@@H](Cc1ccc2c(c1)CCCC2)n1cc(CNC(=O)c2ccc(F)cc2)nn1)NO. The lowest BCUT2D eigenvalue weighted by atomic mass is 9.89. The Morgan fingerprint density at radius 3 is 2.61 bits per heavy atom. The first-order valence-corrected chi connectivity index (χ1v) is 11.0. The fraction of sp³-hybridized carbons (Fsp3) is 0.333. The average Bonchev–Trinajstić information content (AvgIpc) is 3.31. The fourth-order valence-electron chi connectivity index (χ4n) is 4.15. The minimum atomic E-state index is -0.514. The summed E-state index contributed by atoms with van der Waals surface area (Å²) < 4.78 is 14.6. The molecule has 0 saturated carbocycles. The van der Waals surface area contributed by atoms with Gasteiger partial charge in [0.05, 0.1) is 25.2 Å². The molecular weight excluding hydrogens is 425 g/mol. The van der Waals surface area contributed by atoms with Crippen molar-refractivity contribution >= 4 is 11.8 Å². The molecule has 2 aromatic carbocycles. The van der Waals surface area contributed by atoms with E-state index in [1.807, 2.05) is 0 Å². The van der Waals surface area contributed by atoms with E-state index in [-0.39, 0.29) is 24.9 Å². The highest BCUT2D eigenvalue weighted by molar-refractivity contribution is 5.94. The Hall–Kier alpha value is -3.59. The summed E-state index contributed by atoms with van der Waals surface area (Å²) >= 11 is 0. The molecule has 1 atom stereocenters. The molecule has 1 aliphatic carbocycles. The number of hydrogen-bond acceptors (Lipinski definition) is 5. The van der Waals surface area contributed by atoms with Crippen LogP contribution in [-0.4, -0.2) is 32.0 Å². The lowest BCUT2D eigenvalue weighted by molar-refractivity contribution is -0.130. The van der Waals surface area contributed by atoms with Crippen LogP contribution < -0.4 is 10.8 Å². The Kier molecular flexibility index (Phi) is 7.09. The van der Waals surface area contributed by atoms with E-state index in [2.05, 4.69) is 33.8 Å². The minimum Gasteiger partial charge on any atom is -0.346 e. The van der Waals surface area contributed by atoms with Gasteiger partial charge >= 0.3 is 0 Å². The molecule has 9 heteroatoms. The standard InChI is InChI=1S/C24H26FN5O3/c25-20-9-7-18(8-10-20)24(32)26-14-21-15-30(29-27-21)22(13-23(31)28-33)12-16-5-6-17-3-1-2-4-19(17)11-16/h5-11,15,22,33H,1-4,12-14H2,(H,26,32)(H,28,31)/t22-/m1/s1. The highest BCUT2D eigenvalue weighted by Gasteiger charge is 2.20. The molecule has 0 aliphatic heterocycles. The van der Waals surface area contributed by atoms with Gasteiger partial charge in [-0.1, -0.05) is 23.4 Å². The van der Waals surface area contributed by atoms with Crippen molar-refractivity contribution in [2.75, 3.05) is 0 Å². The smallest absolute Gasteiger partial charge is 0.251 e. The molecule has 0 saturated heterocycles. The van der Waals surface area contributed by atoms with Gasteiger partial charge in [0, 0.05) is 5.56 Å². The number of hydroxylamine groups is 1. The van der Waals surface area contributed by atoms with Crippen LogP contribution in [-0.2, 0) is 30.6 Å². The first kappa shape index (κ1) is 22.6. The second kappa shape index (κ2) is 10.4. The predicted octanol–water partition coefficient (Wildman–Crippen LogP) is 2.91. The molecule has 8 nitrogen and oxygen atoms in total. The number of amides is 2. The first-order valence-electron chi connectivity index (χ1n) is 11.0. The van der Waals surface area contributed by atoms with Crippen molar-refractivity contribution in [2.45, 2.75) is 51.1 Å². The summed E-state index contributed by atoms with van der Waals surface area (Å²) in [4.78, 5) is 24.2. The van der Waals surface area contributed by atoms with E-state index >= 15 is 0 Å². The van der Waals surface area contributed by atoms with Gasteiger partial charge in [-0.25, -0.2) is 14.6 Å². The number of carbonyl (C=O) groups excluding carboxylic acids is 2. The number of carbonyl (C=O) groups is 2. The fourth-order valence-corrected chi connectivity index (χ4v) is 4.15. The highest BCUT2D eigenvalue weighted by atomic mass is 19.1. The Labute approximate surface area is 190 Å². The Bertz CT molecular complexity index is 1130. The third kappa shape index (κ3) is 5.81. The van der Waals surface area contributed by atoms with Crippen molar-refractivity contribution in [3.8, 4) is 0 Å². The zero-order valence-electron chi connectivity index (χ0n) is 18.1. The monoisotopic (exact) mass is 451 g/mol. The van der Waals surface area contributed by atoms with Crippen LogP contribution in [0.15, 0.2) is 48.7 Å². The summed E-state index contributed by atoms with van der Waals surface area (Å²) in [6.07, 6.45) is 6.81. The van der Waals surface area contributed by atoms with Gasteiger partial charge in [0.2, 0.25) is 5.91 Å². The van der Waals surface area contributed by atoms with Gasteiger partial charge in [-0.05, 0) is 73.1 Å². The van der Waals surface area contributed by atoms with Gasteiger partial charge < -0.3 is 5.32 Å². The summed E-state index contributed by atoms with van der Waals surface area (Å²) in [6, 6.07) is 11.3.